The van der Waals surface area contributed by atoms with Crippen LogP contribution in [0.1, 0.15) is 19.3 Å². The smallest absolute Gasteiger partial charge is 0.317 e. The summed E-state index contributed by atoms with van der Waals surface area (Å²) in [5.41, 5.74) is 1.17. The van der Waals surface area contributed by atoms with E-state index in [0.717, 1.165) is 25.9 Å². The molecule has 6 heteroatoms. The van der Waals surface area contributed by atoms with Crippen molar-refractivity contribution < 1.29 is 14.7 Å². The van der Waals surface area contributed by atoms with E-state index in [1.165, 1.54) is 5.69 Å². The summed E-state index contributed by atoms with van der Waals surface area (Å²) in [6.45, 7) is 2.68. The Balaban J connectivity index is 1.52. The van der Waals surface area contributed by atoms with Crippen molar-refractivity contribution in [2.75, 3.05) is 31.1 Å². The molecule has 2 heterocycles. The third-order valence-corrected chi connectivity index (χ3v) is 4.70. The second kappa shape index (κ2) is 6.89. The number of benzene rings is 1. The van der Waals surface area contributed by atoms with Crippen LogP contribution in [0.25, 0.3) is 0 Å². The van der Waals surface area contributed by atoms with Gasteiger partial charge in [0.15, 0.2) is 0 Å². The van der Waals surface area contributed by atoms with Crippen LogP contribution in [0.3, 0.4) is 0 Å². The fourth-order valence-corrected chi connectivity index (χ4v) is 3.38. The number of carboxylic acids is 1. The zero-order valence-electron chi connectivity index (χ0n) is 13.1. The van der Waals surface area contributed by atoms with E-state index in [-0.39, 0.29) is 12.1 Å². The van der Waals surface area contributed by atoms with E-state index in [4.69, 9.17) is 5.11 Å². The molecule has 2 unspecified atom stereocenters. The van der Waals surface area contributed by atoms with Crippen molar-refractivity contribution in [1.29, 1.82) is 0 Å². The van der Waals surface area contributed by atoms with E-state index >= 15 is 0 Å². The molecule has 2 N–H and O–H groups in total. The van der Waals surface area contributed by atoms with Gasteiger partial charge in [-0.2, -0.15) is 0 Å². The molecule has 0 radical (unpaired) electrons. The number of rotatable bonds is 3. The number of likely N-dealkylation sites (tertiary alicyclic amines) is 1. The molecule has 0 spiro atoms. The molecule has 2 amide bonds. The highest BCUT2D eigenvalue weighted by Gasteiger charge is 2.30. The highest BCUT2D eigenvalue weighted by molar-refractivity contribution is 5.77. The van der Waals surface area contributed by atoms with Crippen molar-refractivity contribution in [2.45, 2.75) is 25.3 Å². The minimum atomic E-state index is -0.807. The van der Waals surface area contributed by atoms with Gasteiger partial charge in [0, 0.05) is 37.9 Å². The number of carbonyl (C=O) groups excluding carboxylic acids is 1. The average Bonchev–Trinajstić information content (AvgIpc) is 3.04. The summed E-state index contributed by atoms with van der Waals surface area (Å²) in [7, 11) is 0. The lowest BCUT2D eigenvalue weighted by molar-refractivity contribution is -0.143. The van der Waals surface area contributed by atoms with Crippen LogP contribution in [0, 0.1) is 5.92 Å². The number of carbonyl (C=O) groups is 2. The topological polar surface area (TPSA) is 72.9 Å². The fraction of sp³-hybridized carbons (Fsp3) is 0.529. The molecule has 2 fully saturated rings. The number of hydrogen-bond donors (Lipinski definition) is 2. The molecule has 6 nitrogen and oxygen atoms in total. The van der Waals surface area contributed by atoms with Crippen LogP contribution in [0.2, 0.25) is 0 Å². The molecular weight excluding hydrogens is 294 g/mol. The highest BCUT2D eigenvalue weighted by atomic mass is 16.4. The Morgan fingerprint density at radius 3 is 2.61 bits per heavy atom. The third kappa shape index (κ3) is 3.75. The minimum Gasteiger partial charge on any atom is -0.481 e. The van der Waals surface area contributed by atoms with Crippen molar-refractivity contribution in [3.05, 3.63) is 30.3 Å². The van der Waals surface area contributed by atoms with Crippen LogP contribution in [0.5, 0.6) is 0 Å². The standard InChI is InChI=1S/C17H23N3O3/c21-16(22)13-5-4-9-20(11-13)17(23)18-14-8-10-19(12-14)15-6-2-1-3-7-15/h1-3,6-7,13-14H,4-5,8-12H2,(H,18,23)(H,21,22). The molecule has 2 aliphatic heterocycles. The average molecular weight is 317 g/mol. The summed E-state index contributed by atoms with van der Waals surface area (Å²) >= 11 is 0. The largest absolute Gasteiger partial charge is 0.481 e. The Morgan fingerprint density at radius 2 is 1.87 bits per heavy atom. The van der Waals surface area contributed by atoms with Crippen LogP contribution in [-0.4, -0.2) is 54.2 Å². The van der Waals surface area contributed by atoms with Gasteiger partial charge < -0.3 is 20.2 Å². The minimum absolute atomic E-state index is 0.118. The Kier molecular flexibility index (Phi) is 4.69. The Hall–Kier alpha value is -2.24. The van der Waals surface area contributed by atoms with E-state index in [0.29, 0.717) is 19.5 Å². The van der Waals surface area contributed by atoms with Gasteiger partial charge in [-0.25, -0.2) is 4.79 Å². The van der Waals surface area contributed by atoms with Gasteiger partial charge in [-0.05, 0) is 31.4 Å². The molecule has 3 rings (SSSR count). The van der Waals surface area contributed by atoms with Crippen LogP contribution in [0.4, 0.5) is 10.5 Å². The molecule has 1 aromatic carbocycles. The maximum atomic E-state index is 12.4. The van der Waals surface area contributed by atoms with E-state index in [1.54, 1.807) is 4.90 Å². The molecule has 2 saturated heterocycles. The summed E-state index contributed by atoms with van der Waals surface area (Å²) in [6.07, 6.45) is 2.33. The van der Waals surface area contributed by atoms with Crippen LogP contribution in [0.15, 0.2) is 30.3 Å². The fourth-order valence-electron chi connectivity index (χ4n) is 3.38. The number of nitrogens with zero attached hydrogens (tertiary/aromatic N) is 2. The molecule has 23 heavy (non-hydrogen) atoms. The molecular formula is C17H23N3O3. The first-order chi connectivity index (χ1) is 11.1. The lowest BCUT2D eigenvalue weighted by Crippen LogP contribution is -2.50. The van der Waals surface area contributed by atoms with E-state index in [9.17, 15) is 9.59 Å². The second-order valence-corrected chi connectivity index (χ2v) is 6.34. The maximum absolute atomic E-state index is 12.4. The first-order valence-corrected chi connectivity index (χ1v) is 8.22. The molecule has 0 saturated carbocycles. The normalized spacial score (nSPS) is 24.5. The van der Waals surface area contributed by atoms with Crippen molar-refractivity contribution in [1.82, 2.24) is 10.2 Å². The van der Waals surface area contributed by atoms with Crippen molar-refractivity contribution in [2.24, 2.45) is 5.92 Å². The van der Waals surface area contributed by atoms with E-state index < -0.39 is 11.9 Å². The van der Waals surface area contributed by atoms with Gasteiger partial charge in [-0.3, -0.25) is 4.79 Å². The number of hydrogen-bond acceptors (Lipinski definition) is 3. The number of nitrogens with one attached hydrogen (secondary N) is 1. The molecule has 0 aliphatic carbocycles. The third-order valence-electron chi connectivity index (χ3n) is 4.70. The first-order valence-electron chi connectivity index (χ1n) is 8.22. The quantitative estimate of drug-likeness (QED) is 0.891. The predicted molar refractivity (Wildman–Crippen MR) is 87.5 cm³/mol. The SMILES string of the molecule is O=C(O)C1CCCN(C(=O)NC2CCN(c3ccccc3)C2)C1. The van der Waals surface area contributed by atoms with Crippen LogP contribution in [-0.2, 0) is 4.79 Å². The Morgan fingerprint density at radius 1 is 1.09 bits per heavy atom. The monoisotopic (exact) mass is 317 g/mol. The second-order valence-electron chi connectivity index (χ2n) is 6.34. The lowest BCUT2D eigenvalue weighted by Gasteiger charge is -2.31. The summed E-state index contributed by atoms with van der Waals surface area (Å²) in [5.74, 6) is -1.24. The molecule has 0 bridgehead atoms. The maximum Gasteiger partial charge on any atom is 0.317 e. The molecule has 0 aromatic heterocycles. The number of anilines is 1. The lowest BCUT2D eigenvalue weighted by atomic mass is 9.99. The highest BCUT2D eigenvalue weighted by Crippen LogP contribution is 2.21. The summed E-state index contributed by atoms with van der Waals surface area (Å²) in [6, 6.07) is 10.2. The summed E-state index contributed by atoms with van der Waals surface area (Å²) < 4.78 is 0. The zero-order chi connectivity index (χ0) is 16.2. The van der Waals surface area contributed by atoms with E-state index in [1.807, 2.05) is 18.2 Å². The number of piperidine rings is 1. The Bertz CT molecular complexity index is 563. The van der Waals surface area contributed by atoms with Gasteiger partial charge in [0.05, 0.1) is 5.92 Å². The number of carboxylic acid groups (broad SMARTS) is 1. The van der Waals surface area contributed by atoms with Crippen molar-refractivity contribution >= 4 is 17.7 Å². The zero-order valence-corrected chi connectivity index (χ0v) is 13.1. The van der Waals surface area contributed by atoms with Crippen LogP contribution < -0.4 is 10.2 Å². The first kappa shape index (κ1) is 15.6. The van der Waals surface area contributed by atoms with Crippen LogP contribution >= 0.6 is 0 Å². The van der Waals surface area contributed by atoms with Gasteiger partial charge in [-0.1, -0.05) is 18.2 Å². The number of urea groups is 1. The molecule has 124 valence electrons. The molecule has 2 aliphatic rings. The number of para-hydroxylation sites is 1. The molecule has 1 aromatic rings. The van der Waals surface area contributed by atoms with E-state index in [2.05, 4.69) is 22.3 Å². The van der Waals surface area contributed by atoms with Gasteiger partial charge in [0.1, 0.15) is 0 Å². The van der Waals surface area contributed by atoms with Crippen molar-refractivity contribution in [3.8, 4) is 0 Å². The Labute approximate surface area is 136 Å². The van der Waals surface area contributed by atoms with Gasteiger partial charge >= 0.3 is 12.0 Å². The van der Waals surface area contributed by atoms with Crippen molar-refractivity contribution in [3.63, 3.8) is 0 Å². The predicted octanol–water partition coefficient (Wildman–Crippen LogP) is 1.77. The van der Waals surface area contributed by atoms with Gasteiger partial charge in [0.2, 0.25) is 0 Å². The summed E-state index contributed by atoms with van der Waals surface area (Å²) in [5, 5.41) is 12.2. The number of amides is 2. The van der Waals surface area contributed by atoms with Gasteiger partial charge in [0.25, 0.3) is 0 Å². The van der Waals surface area contributed by atoms with Gasteiger partial charge in [-0.15, -0.1) is 0 Å². The summed E-state index contributed by atoms with van der Waals surface area (Å²) in [4.78, 5) is 27.4. The molecule has 2 atom stereocenters. The number of aliphatic carboxylic acids is 1.